The summed E-state index contributed by atoms with van der Waals surface area (Å²) in [5.74, 6) is -1.27. The Balaban J connectivity index is 1.69. The molecule has 2 N–H and O–H groups in total. The third-order valence-corrected chi connectivity index (χ3v) is 4.20. The van der Waals surface area contributed by atoms with Gasteiger partial charge in [-0.2, -0.15) is 0 Å². The van der Waals surface area contributed by atoms with Crippen molar-refractivity contribution in [3.63, 3.8) is 0 Å². The van der Waals surface area contributed by atoms with Crippen molar-refractivity contribution in [1.82, 2.24) is 10.3 Å². The standard InChI is InChI=1S/C21H20N2O4/c1-14(24)23-19(11-16-12-22-18-10-6-5-9-17(16)18)21(26)27-13-20(25)15-7-3-2-4-8-15/h2-10,12,19,22H,11,13H2,1H3,(H,23,24). The molecule has 0 saturated carbocycles. The Hall–Kier alpha value is -3.41. The van der Waals surface area contributed by atoms with Crippen LogP contribution in [0.2, 0.25) is 0 Å². The summed E-state index contributed by atoms with van der Waals surface area (Å²) >= 11 is 0. The van der Waals surface area contributed by atoms with Crippen molar-refractivity contribution in [2.24, 2.45) is 0 Å². The van der Waals surface area contributed by atoms with Crippen LogP contribution in [0.5, 0.6) is 0 Å². The quantitative estimate of drug-likeness (QED) is 0.498. The van der Waals surface area contributed by atoms with Crippen LogP contribution in [-0.4, -0.2) is 35.3 Å². The number of ether oxygens (including phenoxy) is 1. The molecular weight excluding hydrogens is 344 g/mol. The SMILES string of the molecule is CC(=O)NC(Cc1c[nH]c2ccccc12)C(=O)OCC(=O)c1ccccc1. The van der Waals surface area contributed by atoms with Gasteiger partial charge in [-0.15, -0.1) is 0 Å². The summed E-state index contributed by atoms with van der Waals surface area (Å²) in [5, 5.41) is 3.58. The molecule has 6 heteroatoms. The number of aromatic nitrogens is 1. The smallest absolute Gasteiger partial charge is 0.329 e. The number of hydrogen-bond acceptors (Lipinski definition) is 4. The predicted octanol–water partition coefficient (Wildman–Crippen LogP) is 2.64. The van der Waals surface area contributed by atoms with E-state index < -0.39 is 12.0 Å². The van der Waals surface area contributed by atoms with Crippen molar-refractivity contribution >= 4 is 28.6 Å². The number of H-pyrrole nitrogens is 1. The molecule has 27 heavy (non-hydrogen) atoms. The first-order valence-corrected chi connectivity index (χ1v) is 8.61. The van der Waals surface area contributed by atoms with Crippen LogP contribution in [-0.2, 0) is 20.7 Å². The van der Waals surface area contributed by atoms with Crippen molar-refractivity contribution in [3.8, 4) is 0 Å². The van der Waals surface area contributed by atoms with Gasteiger partial charge in [-0.3, -0.25) is 9.59 Å². The number of ketones is 1. The Morgan fingerprint density at radius 1 is 1.04 bits per heavy atom. The van der Waals surface area contributed by atoms with Crippen LogP contribution in [0.3, 0.4) is 0 Å². The second kappa shape index (κ2) is 8.31. The second-order valence-corrected chi connectivity index (χ2v) is 6.21. The molecule has 6 nitrogen and oxygen atoms in total. The van der Waals surface area contributed by atoms with Gasteiger partial charge in [0, 0.05) is 36.0 Å². The van der Waals surface area contributed by atoms with Gasteiger partial charge in [0.2, 0.25) is 5.91 Å². The number of carbonyl (C=O) groups is 3. The van der Waals surface area contributed by atoms with Gasteiger partial charge in [0.1, 0.15) is 6.04 Å². The minimum atomic E-state index is -0.870. The highest BCUT2D eigenvalue weighted by Gasteiger charge is 2.24. The van der Waals surface area contributed by atoms with E-state index in [-0.39, 0.29) is 24.7 Å². The summed E-state index contributed by atoms with van der Waals surface area (Å²) in [4.78, 5) is 39.2. The maximum absolute atomic E-state index is 12.5. The molecule has 1 aromatic heterocycles. The van der Waals surface area contributed by atoms with Gasteiger partial charge >= 0.3 is 5.97 Å². The highest BCUT2D eigenvalue weighted by Crippen LogP contribution is 2.19. The number of fused-ring (bicyclic) bond motifs is 1. The summed E-state index contributed by atoms with van der Waals surface area (Å²) in [5.41, 5.74) is 2.30. The number of amides is 1. The van der Waals surface area contributed by atoms with Gasteiger partial charge in [-0.05, 0) is 11.6 Å². The van der Waals surface area contributed by atoms with E-state index in [9.17, 15) is 14.4 Å². The molecule has 0 aliphatic carbocycles. The summed E-state index contributed by atoms with van der Waals surface area (Å²) in [6.07, 6.45) is 2.07. The van der Waals surface area contributed by atoms with E-state index in [1.165, 1.54) is 6.92 Å². The molecule has 1 amide bonds. The van der Waals surface area contributed by atoms with E-state index in [0.29, 0.717) is 5.56 Å². The first kappa shape index (κ1) is 18.4. The molecule has 138 valence electrons. The Bertz CT molecular complexity index is 962. The van der Waals surface area contributed by atoms with Gasteiger partial charge in [0.05, 0.1) is 0 Å². The van der Waals surface area contributed by atoms with Gasteiger partial charge in [-0.1, -0.05) is 48.5 Å². The molecule has 1 unspecified atom stereocenters. The van der Waals surface area contributed by atoms with Gasteiger partial charge in [0.25, 0.3) is 0 Å². The summed E-state index contributed by atoms with van der Waals surface area (Å²) in [6, 6.07) is 15.4. The number of nitrogens with one attached hydrogen (secondary N) is 2. The van der Waals surface area contributed by atoms with Gasteiger partial charge in [0.15, 0.2) is 12.4 Å². The highest BCUT2D eigenvalue weighted by molar-refractivity contribution is 5.98. The van der Waals surface area contributed by atoms with Crippen LogP contribution < -0.4 is 5.32 Å². The first-order valence-electron chi connectivity index (χ1n) is 8.61. The Morgan fingerprint density at radius 3 is 2.48 bits per heavy atom. The zero-order valence-electron chi connectivity index (χ0n) is 14.9. The Morgan fingerprint density at radius 2 is 1.74 bits per heavy atom. The fraction of sp³-hybridized carbons (Fsp3) is 0.190. The number of benzene rings is 2. The largest absolute Gasteiger partial charge is 0.456 e. The molecule has 0 aliphatic heterocycles. The minimum absolute atomic E-state index is 0.266. The zero-order valence-corrected chi connectivity index (χ0v) is 14.9. The molecule has 0 saturated heterocycles. The monoisotopic (exact) mass is 364 g/mol. The van der Waals surface area contributed by atoms with Crippen LogP contribution in [0.25, 0.3) is 10.9 Å². The second-order valence-electron chi connectivity index (χ2n) is 6.21. The predicted molar refractivity (Wildman–Crippen MR) is 101 cm³/mol. The number of rotatable bonds is 7. The number of aromatic amines is 1. The van der Waals surface area contributed by atoms with E-state index in [1.807, 2.05) is 30.5 Å². The lowest BCUT2D eigenvalue weighted by molar-refractivity contribution is -0.146. The highest BCUT2D eigenvalue weighted by atomic mass is 16.5. The Labute approximate surface area is 156 Å². The molecule has 2 aromatic carbocycles. The maximum atomic E-state index is 12.5. The molecule has 0 bridgehead atoms. The number of para-hydroxylation sites is 1. The van der Waals surface area contributed by atoms with E-state index in [1.54, 1.807) is 30.3 Å². The van der Waals surface area contributed by atoms with E-state index in [4.69, 9.17) is 4.74 Å². The third-order valence-electron chi connectivity index (χ3n) is 4.20. The topological polar surface area (TPSA) is 88.3 Å². The Kier molecular flexibility index (Phi) is 5.66. The fourth-order valence-electron chi connectivity index (χ4n) is 2.90. The summed E-state index contributed by atoms with van der Waals surface area (Å²) in [6.45, 7) is 0.970. The minimum Gasteiger partial charge on any atom is -0.456 e. The lowest BCUT2D eigenvalue weighted by Gasteiger charge is -2.16. The van der Waals surface area contributed by atoms with Crippen LogP contribution >= 0.6 is 0 Å². The van der Waals surface area contributed by atoms with Crippen molar-refractivity contribution in [1.29, 1.82) is 0 Å². The molecule has 0 radical (unpaired) electrons. The third kappa shape index (κ3) is 4.61. The van der Waals surface area contributed by atoms with Crippen LogP contribution in [0.1, 0.15) is 22.8 Å². The van der Waals surface area contributed by atoms with E-state index >= 15 is 0 Å². The molecule has 3 rings (SSSR count). The van der Waals surface area contributed by atoms with Crippen molar-refractivity contribution in [3.05, 3.63) is 71.9 Å². The van der Waals surface area contributed by atoms with Crippen molar-refractivity contribution in [2.45, 2.75) is 19.4 Å². The molecule has 1 heterocycles. The number of Topliss-reactive ketones (excluding diaryl/α,β-unsaturated/α-hetero) is 1. The molecular formula is C21H20N2O4. The van der Waals surface area contributed by atoms with E-state index in [0.717, 1.165) is 16.5 Å². The average molecular weight is 364 g/mol. The number of esters is 1. The number of carbonyl (C=O) groups excluding carboxylic acids is 3. The van der Waals surface area contributed by atoms with Gasteiger partial charge in [-0.25, -0.2) is 4.79 Å². The molecule has 0 aliphatic rings. The first-order chi connectivity index (χ1) is 13.0. The normalized spacial score (nSPS) is 11.7. The summed E-state index contributed by atoms with van der Waals surface area (Å²) < 4.78 is 5.17. The average Bonchev–Trinajstić information content (AvgIpc) is 3.08. The van der Waals surface area contributed by atoms with Crippen molar-refractivity contribution < 1.29 is 19.1 Å². The lowest BCUT2D eigenvalue weighted by atomic mass is 10.0. The fourth-order valence-corrected chi connectivity index (χ4v) is 2.90. The van der Waals surface area contributed by atoms with Crippen LogP contribution in [0, 0.1) is 0 Å². The molecule has 3 aromatic rings. The van der Waals surface area contributed by atoms with Crippen LogP contribution in [0.4, 0.5) is 0 Å². The maximum Gasteiger partial charge on any atom is 0.329 e. The molecule has 1 atom stereocenters. The van der Waals surface area contributed by atoms with Crippen LogP contribution in [0.15, 0.2) is 60.8 Å². The van der Waals surface area contributed by atoms with Crippen molar-refractivity contribution in [2.75, 3.05) is 6.61 Å². The van der Waals surface area contributed by atoms with Gasteiger partial charge < -0.3 is 15.0 Å². The lowest BCUT2D eigenvalue weighted by Crippen LogP contribution is -2.42. The molecule has 0 spiro atoms. The molecule has 0 fully saturated rings. The zero-order chi connectivity index (χ0) is 19.2. The van der Waals surface area contributed by atoms with E-state index in [2.05, 4.69) is 10.3 Å². The summed E-state index contributed by atoms with van der Waals surface area (Å²) in [7, 11) is 0. The number of hydrogen-bond donors (Lipinski definition) is 2.